The Bertz CT molecular complexity index is 833. The second-order valence-electron chi connectivity index (χ2n) is 5.97. The van der Waals surface area contributed by atoms with Gasteiger partial charge < -0.3 is 4.42 Å². The van der Waals surface area contributed by atoms with Crippen LogP contribution >= 0.6 is 11.6 Å². The van der Waals surface area contributed by atoms with Gasteiger partial charge in [-0.25, -0.2) is 4.39 Å². The van der Waals surface area contributed by atoms with Crippen LogP contribution in [-0.2, 0) is 12.1 Å². The van der Waals surface area contributed by atoms with Gasteiger partial charge in [-0.2, -0.15) is 0 Å². The van der Waals surface area contributed by atoms with Crippen molar-refractivity contribution in [3.63, 3.8) is 0 Å². The fourth-order valence-electron chi connectivity index (χ4n) is 2.41. The summed E-state index contributed by atoms with van der Waals surface area (Å²) in [6, 6.07) is 13.9. The van der Waals surface area contributed by atoms with Crippen LogP contribution < -0.4 is 5.32 Å². The molecule has 0 atom stereocenters. The fraction of sp³-hybridized carbons (Fsp3) is 0.222. The number of hydrogen-bond donors (Lipinski definition) is 1. The maximum atomic E-state index is 13.2. The minimum Gasteiger partial charge on any atom is -0.419 e. The van der Waals surface area contributed by atoms with Crippen LogP contribution in [0.15, 0.2) is 52.9 Å². The van der Waals surface area contributed by atoms with Gasteiger partial charge in [-0.1, -0.05) is 35.9 Å². The monoisotopic (exact) mass is 345 g/mol. The third-order valence-corrected chi connectivity index (χ3v) is 4.09. The van der Waals surface area contributed by atoms with Gasteiger partial charge in [0.2, 0.25) is 11.8 Å². The van der Waals surface area contributed by atoms with E-state index in [0.29, 0.717) is 23.3 Å². The third kappa shape index (κ3) is 3.63. The Kier molecular flexibility index (Phi) is 4.64. The van der Waals surface area contributed by atoms with E-state index in [4.69, 9.17) is 16.0 Å². The van der Waals surface area contributed by atoms with Crippen LogP contribution in [0.25, 0.3) is 11.5 Å². The highest BCUT2D eigenvalue weighted by Gasteiger charge is 2.24. The average Bonchev–Trinajstić information content (AvgIpc) is 3.02. The van der Waals surface area contributed by atoms with Crippen LogP contribution in [0.1, 0.15) is 25.3 Å². The first-order valence-corrected chi connectivity index (χ1v) is 7.92. The van der Waals surface area contributed by atoms with Crippen molar-refractivity contribution in [3.05, 3.63) is 70.8 Å². The highest BCUT2D eigenvalue weighted by atomic mass is 35.5. The first kappa shape index (κ1) is 16.6. The average molecular weight is 346 g/mol. The molecule has 0 spiro atoms. The molecule has 3 rings (SSSR count). The van der Waals surface area contributed by atoms with E-state index >= 15 is 0 Å². The van der Waals surface area contributed by atoms with Gasteiger partial charge in [0.1, 0.15) is 5.82 Å². The quantitative estimate of drug-likeness (QED) is 0.736. The normalized spacial score (nSPS) is 11.7. The maximum Gasteiger partial charge on any atom is 0.247 e. The highest BCUT2D eigenvalue weighted by molar-refractivity contribution is 6.31. The van der Waals surface area contributed by atoms with Crippen LogP contribution in [0.5, 0.6) is 0 Å². The van der Waals surface area contributed by atoms with Gasteiger partial charge >= 0.3 is 0 Å². The van der Waals surface area contributed by atoms with E-state index in [1.807, 2.05) is 44.2 Å². The summed E-state index contributed by atoms with van der Waals surface area (Å²) >= 11 is 6.15. The molecular formula is C18H17ClFN3O. The summed E-state index contributed by atoms with van der Waals surface area (Å²) in [6.45, 7) is 4.29. The van der Waals surface area contributed by atoms with Crippen molar-refractivity contribution in [2.24, 2.45) is 0 Å². The van der Waals surface area contributed by atoms with Crippen LogP contribution in [0.3, 0.4) is 0 Å². The van der Waals surface area contributed by atoms with Gasteiger partial charge in [-0.15, -0.1) is 10.2 Å². The number of hydrogen-bond acceptors (Lipinski definition) is 4. The van der Waals surface area contributed by atoms with Crippen LogP contribution in [0.4, 0.5) is 4.39 Å². The Morgan fingerprint density at radius 3 is 2.58 bits per heavy atom. The molecule has 1 aromatic heterocycles. The lowest BCUT2D eigenvalue weighted by Crippen LogP contribution is -2.36. The van der Waals surface area contributed by atoms with E-state index in [2.05, 4.69) is 15.5 Å². The minimum absolute atomic E-state index is 0.357. The maximum absolute atomic E-state index is 13.2. The van der Waals surface area contributed by atoms with Crippen molar-refractivity contribution in [2.75, 3.05) is 0 Å². The van der Waals surface area contributed by atoms with Crippen LogP contribution in [0.2, 0.25) is 5.02 Å². The summed E-state index contributed by atoms with van der Waals surface area (Å²) in [5.41, 5.74) is 1.19. The highest BCUT2D eigenvalue weighted by Crippen LogP contribution is 2.28. The number of nitrogens with zero attached hydrogens (tertiary/aromatic N) is 2. The standard InChI is InChI=1S/C18H17ClFN3O/c1-18(2,14-9-8-13(20)10-15(14)19)21-11-16-22-23-17(24-16)12-6-4-3-5-7-12/h3-10,21H,11H2,1-2H3. The Balaban J connectivity index is 1.72. The van der Waals surface area contributed by atoms with Gasteiger partial charge in [-0.05, 0) is 43.7 Å². The molecular weight excluding hydrogens is 329 g/mol. The van der Waals surface area contributed by atoms with Crippen molar-refractivity contribution in [1.82, 2.24) is 15.5 Å². The molecule has 24 heavy (non-hydrogen) atoms. The molecule has 0 aliphatic heterocycles. The summed E-state index contributed by atoms with van der Waals surface area (Å²) in [6.07, 6.45) is 0. The smallest absolute Gasteiger partial charge is 0.247 e. The lowest BCUT2D eigenvalue weighted by atomic mass is 9.94. The summed E-state index contributed by atoms with van der Waals surface area (Å²) in [7, 11) is 0. The van der Waals surface area contributed by atoms with E-state index in [1.54, 1.807) is 6.07 Å². The van der Waals surface area contributed by atoms with Crippen molar-refractivity contribution >= 4 is 11.6 Å². The molecule has 0 radical (unpaired) electrons. The first-order valence-electron chi connectivity index (χ1n) is 7.54. The Morgan fingerprint density at radius 2 is 1.88 bits per heavy atom. The molecule has 0 saturated heterocycles. The molecule has 0 aliphatic carbocycles. The topological polar surface area (TPSA) is 51.0 Å². The van der Waals surface area contributed by atoms with Crippen LogP contribution in [0, 0.1) is 5.82 Å². The Morgan fingerprint density at radius 1 is 1.12 bits per heavy atom. The Hall–Kier alpha value is -2.24. The SMILES string of the molecule is CC(C)(NCc1nnc(-c2ccccc2)o1)c1ccc(F)cc1Cl. The van der Waals surface area contributed by atoms with E-state index in [1.165, 1.54) is 12.1 Å². The summed E-state index contributed by atoms with van der Waals surface area (Å²) in [5, 5.41) is 11.8. The van der Waals surface area contributed by atoms with Gasteiger partial charge in [0, 0.05) is 16.1 Å². The minimum atomic E-state index is -0.480. The molecule has 0 bridgehead atoms. The Labute approximate surface area is 144 Å². The molecule has 124 valence electrons. The zero-order valence-electron chi connectivity index (χ0n) is 13.4. The van der Waals surface area contributed by atoms with Crippen LogP contribution in [-0.4, -0.2) is 10.2 Å². The molecule has 1 heterocycles. The number of rotatable bonds is 5. The number of aromatic nitrogens is 2. The predicted molar refractivity (Wildman–Crippen MR) is 91.0 cm³/mol. The molecule has 0 fully saturated rings. The van der Waals surface area contributed by atoms with E-state index in [0.717, 1.165) is 11.1 Å². The molecule has 0 aliphatic rings. The van der Waals surface area contributed by atoms with Crippen molar-refractivity contribution < 1.29 is 8.81 Å². The zero-order chi connectivity index (χ0) is 17.2. The molecule has 4 nitrogen and oxygen atoms in total. The van der Waals surface area contributed by atoms with Gasteiger partial charge in [-0.3, -0.25) is 5.32 Å². The number of benzene rings is 2. The lowest BCUT2D eigenvalue weighted by molar-refractivity contribution is 0.366. The molecule has 6 heteroatoms. The van der Waals surface area contributed by atoms with E-state index < -0.39 is 5.54 Å². The predicted octanol–water partition coefficient (Wildman–Crippen LogP) is 4.55. The summed E-state index contributed by atoms with van der Waals surface area (Å²) in [5.74, 6) is 0.592. The molecule has 3 aromatic rings. The summed E-state index contributed by atoms with van der Waals surface area (Å²) < 4.78 is 18.9. The van der Waals surface area contributed by atoms with Gasteiger partial charge in [0.05, 0.1) is 6.54 Å². The third-order valence-electron chi connectivity index (χ3n) is 3.77. The zero-order valence-corrected chi connectivity index (χ0v) is 14.1. The molecule has 1 N–H and O–H groups in total. The molecule has 0 saturated carbocycles. The van der Waals surface area contributed by atoms with E-state index in [9.17, 15) is 4.39 Å². The van der Waals surface area contributed by atoms with Crippen molar-refractivity contribution in [2.45, 2.75) is 25.9 Å². The fourth-order valence-corrected chi connectivity index (χ4v) is 2.81. The largest absolute Gasteiger partial charge is 0.419 e. The van der Waals surface area contributed by atoms with E-state index in [-0.39, 0.29) is 5.82 Å². The summed E-state index contributed by atoms with van der Waals surface area (Å²) in [4.78, 5) is 0. The van der Waals surface area contributed by atoms with Gasteiger partial charge in [0.15, 0.2) is 0 Å². The second-order valence-corrected chi connectivity index (χ2v) is 6.38. The first-order chi connectivity index (χ1) is 11.5. The molecule has 0 amide bonds. The number of nitrogens with one attached hydrogen (secondary N) is 1. The molecule has 2 aromatic carbocycles. The number of halogens is 2. The van der Waals surface area contributed by atoms with Crippen molar-refractivity contribution in [1.29, 1.82) is 0 Å². The second kappa shape index (κ2) is 6.71. The van der Waals surface area contributed by atoms with Gasteiger partial charge in [0.25, 0.3) is 0 Å². The van der Waals surface area contributed by atoms with Crippen molar-refractivity contribution in [3.8, 4) is 11.5 Å². The lowest BCUT2D eigenvalue weighted by Gasteiger charge is -2.27. The molecule has 0 unspecified atom stereocenters.